The van der Waals surface area contributed by atoms with Gasteiger partial charge in [0.1, 0.15) is 0 Å². The summed E-state index contributed by atoms with van der Waals surface area (Å²) >= 11 is 0. The van der Waals surface area contributed by atoms with Crippen LogP contribution in [0.4, 0.5) is 0 Å². The molecule has 0 fully saturated rings. The van der Waals surface area contributed by atoms with E-state index in [1.807, 2.05) is 34.0 Å². The Kier molecular flexibility index (Phi) is 5.26. The van der Waals surface area contributed by atoms with Crippen LogP contribution in [-0.2, 0) is 0 Å². The first-order valence-electron chi connectivity index (χ1n) is 4.86. The Balaban J connectivity index is 4.11. The van der Waals surface area contributed by atoms with Gasteiger partial charge < -0.3 is 10.0 Å². The second-order valence-corrected chi connectivity index (χ2v) is 4.48. The first-order chi connectivity index (χ1) is 5.88. The lowest BCUT2D eigenvalue weighted by molar-refractivity contribution is 0.00307. The van der Waals surface area contributed by atoms with Gasteiger partial charge in [-0.05, 0) is 40.8 Å². The molecule has 13 heavy (non-hydrogen) atoms. The Hall–Kier alpha value is -0.340. The fourth-order valence-corrected chi connectivity index (χ4v) is 1.43. The van der Waals surface area contributed by atoms with Crippen molar-refractivity contribution >= 4 is 0 Å². The van der Waals surface area contributed by atoms with Gasteiger partial charge in [-0.3, -0.25) is 0 Å². The maximum absolute atomic E-state index is 9.89. The van der Waals surface area contributed by atoms with Crippen molar-refractivity contribution in [3.63, 3.8) is 0 Å². The van der Waals surface area contributed by atoms with Gasteiger partial charge in [0.25, 0.3) is 0 Å². The molecule has 0 spiro atoms. The van der Waals surface area contributed by atoms with E-state index in [4.69, 9.17) is 0 Å². The Bertz CT molecular complexity index is 147. The van der Waals surface area contributed by atoms with Crippen LogP contribution < -0.4 is 0 Å². The van der Waals surface area contributed by atoms with Crippen LogP contribution in [0.15, 0.2) is 12.7 Å². The van der Waals surface area contributed by atoms with Crippen molar-refractivity contribution < 1.29 is 5.11 Å². The van der Waals surface area contributed by atoms with E-state index in [2.05, 4.69) is 11.5 Å². The number of aliphatic hydroxyl groups is 1. The van der Waals surface area contributed by atoms with Crippen LogP contribution >= 0.6 is 0 Å². The van der Waals surface area contributed by atoms with E-state index >= 15 is 0 Å². The first kappa shape index (κ1) is 12.7. The average molecular weight is 185 g/mol. The summed E-state index contributed by atoms with van der Waals surface area (Å²) in [5.41, 5.74) is -0.590. The first-order valence-corrected chi connectivity index (χ1v) is 4.86. The third-order valence-corrected chi connectivity index (χ3v) is 2.30. The van der Waals surface area contributed by atoms with Crippen LogP contribution in [0.5, 0.6) is 0 Å². The zero-order chi connectivity index (χ0) is 10.5. The van der Waals surface area contributed by atoms with Crippen LogP contribution in [0.3, 0.4) is 0 Å². The monoisotopic (exact) mass is 185 g/mol. The molecule has 0 rings (SSSR count). The van der Waals surface area contributed by atoms with Gasteiger partial charge in [0, 0.05) is 12.5 Å². The van der Waals surface area contributed by atoms with E-state index in [-0.39, 0.29) is 0 Å². The SMILES string of the molecule is C=CCCC(CN(C)C)C(C)(C)O. The van der Waals surface area contributed by atoms with Crippen LogP contribution in [0.25, 0.3) is 0 Å². The normalized spacial score (nSPS) is 14.6. The molecule has 1 atom stereocenters. The third kappa shape index (κ3) is 5.83. The van der Waals surface area contributed by atoms with E-state index in [1.54, 1.807) is 0 Å². The molecule has 0 aromatic rings. The van der Waals surface area contributed by atoms with E-state index < -0.39 is 5.60 Å². The Morgan fingerprint density at radius 1 is 1.46 bits per heavy atom. The van der Waals surface area contributed by atoms with Gasteiger partial charge in [-0.25, -0.2) is 0 Å². The van der Waals surface area contributed by atoms with Gasteiger partial charge >= 0.3 is 0 Å². The predicted octanol–water partition coefficient (Wildman–Crippen LogP) is 1.90. The fraction of sp³-hybridized carbons (Fsp3) is 0.818. The second-order valence-electron chi connectivity index (χ2n) is 4.48. The van der Waals surface area contributed by atoms with E-state index in [1.165, 1.54) is 0 Å². The number of hydrogen-bond donors (Lipinski definition) is 1. The van der Waals surface area contributed by atoms with E-state index in [9.17, 15) is 5.11 Å². The second kappa shape index (κ2) is 5.40. The molecule has 2 nitrogen and oxygen atoms in total. The van der Waals surface area contributed by atoms with Crippen molar-refractivity contribution in [1.82, 2.24) is 4.90 Å². The quantitative estimate of drug-likeness (QED) is 0.639. The van der Waals surface area contributed by atoms with Gasteiger partial charge in [-0.1, -0.05) is 6.08 Å². The maximum atomic E-state index is 9.89. The highest BCUT2D eigenvalue weighted by Gasteiger charge is 2.26. The van der Waals surface area contributed by atoms with Crippen molar-refractivity contribution in [2.24, 2.45) is 5.92 Å². The lowest BCUT2D eigenvalue weighted by Crippen LogP contribution is -2.37. The van der Waals surface area contributed by atoms with Crippen molar-refractivity contribution in [2.75, 3.05) is 20.6 Å². The highest BCUT2D eigenvalue weighted by Crippen LogP contribution is 2.22. The summed E-state index contributed by atoms with van der Waals surface area (Å²) in [4.78, 5) is 2.12. The molecule has 0 aliphatic carbocycles. The Morgan fingerprint density at radius 3 is 2.31 bits per heavy atom. The molecule has 0 radical (unpaired) electrons. The zero-order valence-electron chi connectivity index (χ0n) is 9.38. The number of rotatable bonds is 6. The minimum atomic E-state index is -0.590. The van der Waals surface area contributed by atoms with E-state index in [0.717, 1.165) is 19.4 Å². The van der Waals surface area contributed by atoms with Crippen LogP contribution in [-0.4, -0.2) is 36.2 Å². The molecule has 0 saturated carbocycles. The molecule has 0 aliphatic heterocycles. The minimum Gasteiger partial charge on any atom is -0.390 e. The summed E-state index contributed by atoms with van der Waals surface area (Å²) in [5, 5.41) is 9.89. The lowest BCUT2D eigenvalue weighted by atomic mass is 9.86. The van der Waals surface area contributed by atoms with Crippen LogP contribution in [0.1, 0.15) is 26.7 Å². The lowest BCUT2D eigenvalue weighted by Gasteiger charge is -2.31. The third-order valence-electron chi connectivity index (χ3n) is 2.30. The molecule has 0 aliphatic rings. The van der Waals surface area contributed by atoms with Gasteiger partial charge in [-0.15, -0.1) is 6.58 Å². The maximum Gasteiger partial charge on any atom is 0.0632 e. The molecule has 0 aromatic heterocycles. The van der Waals surface area contributed by atoms with Crippen molar-refractivity contribution in [2.45, 2.75) is 32.3 Å². The van der Waals surface area contributed by atoms with Gasteiger partial charge in [0.05, 0.1) is 5.60 Å². The molecule has 78 valence electrons. The molecule has 0 saturated heterocycles. The molecular weight excluding hydrogens is 162 g/mol. The smallest absolute Gasteiger partial charge is 0.0632 e. The minimum absolute atomic E-state index is 0.320. The summed E-state index contributed by atoms with van der Waals surface area (Å²) in [6.07, 6.45) is 3.89. The van der Waals surface area contributed by atoms with Crippen molar-refractivity contribution in [1.29, 1.82) is 0 Å². The largest absolute Gasteiger partial charge is 0.390 e. The molecule has 0 amide bonds. The molecule has 1 N–H and O–H groups in total. The van der Waals surface area contributed by atoms with Gasteiger partial charge in [-0.2, -0.15) is 0 Å². The Labute approximate surface area is 82.3 Å². The number of hydrogen-bond acceptors (Lipinski definition) is 2. The van der Waals surface area contributed by atoms with Crippen molar-refractivity contribution in [3.05, 3.63) is 12.7 Å². The highest BCUT2D eigenvalue weighted by atomic mass is 16.3. The predicted molar refractivity (Wildman–Crippen MR) is 57.8 cm³/mol. The van der Waals surface area contributed by atoms with Crippen LogP contribution in [0, 0.1) is 5.92 Å². The molecule has 1 unspecified atom stereocenters. The topological polar surface area (TPSA) is 23.5 Å². The zero-order valence-corrected chi connectivity index (χ0v) is 9.38. The average Bonchev–Trinajstić information content (AvgIpc) is 1.95. The van der Waals surface area contributed by atoms with Gasteiger partial charge in [0.2, 0.25) is 0 Å². The van der Waals surface area contributed by atoms with E-state index in [0.29, 0.717) is 5.92 Å². The van der Waals surface area contributed by atoms with Gasteiger partial charge in [0.15, 0.2) is 0 Å². The number of allylic oxidation sites excluding steroid dienone is 1. The Morgan fingerprint density at radius 2 is 2.00 bits per heavy atom. The highest BCUT2D eigenvalue weighted by molar-refractivity contribution is 4.81. The molecule has 2 heteroatoms. The molecule has 0 bridgehead atoms. The summed E-state index contributed by atoms with van der Waals surface area (Å²) in [6, 6.07) is 0. The summed E-state index contributed by atoms with van der Waals surface area (Å²) in [7, 11) is 4.07. The molecule has 0 aromatic carbocycles. The summed E-state index contributed by atoms with van der Waals surface area (Å²) in [6.45, 7) is 8.38. The van der Waals surface area contributed by atoms with Crippen molar-refractivity contribution in [3.8, 4) is 0 Å². The molecular formula is C11H23NO. The standard InChI is InChI=1S/C11H23NO/c1-6-7-8-10(9-12(4)5)11(2,3)13/h6,10,13H,1,7-9H2,2-5H3. The number of nitrogens with zero attached hydrogens (tertiary/aromatic N) is 1. The summed E-state index contributed by atoms with van der Waals surface area (Å²) in [5.74, 6) is 0.320. The molecule has 0 heterocycles. The van der Waals surface area contributed by atoms with Crippen LogP contribution in [0.2, 0.25) is 0 Å². The fourth-order valence-electron chi connectivity index (χ4n) is 1.43. The summed E-state index contributed by atoms with van der Waals surface area (Å²) < 4.78 is 0.